The van der Waals surface area contributed by atoms with Gasteiger partial charge in [-0.15, -0.1) is 0 Å². The van der Waals surface area contributed by atoms with Crippen LogP contribution in [0, 0.1) is 0 Å². The summed E-state index contributed by atoms with van der Waals surface area (Å²) in [4.78, 5) is 12.2. The number of fused-ring (bicyclic) bond motifs is 1. The molecule has 3 rings (SSSR count). The number of rotatable bonds is 7. The van der Waals surface area contributed by atoms with E-state index in [2.05, 4.69) is 5.32 Å². The van der Waals surface area contributed by atoms with Gasteiger partial charge in [0.1, 0.15) is 6.54 Å². The maximum absolute atomic E-state index is 12.2. The van der Waals surface area contributed by atoms with Crippen molar-refractivity contribution in [3.05, 3.63) is 60.3 Å². The van der Waals surface area contributed by atoms with Gasteiger partial charge < -0.3 is 19.4 Å². The Hall–Kier alpha value is -2.95. The Balaban J connectivity index is 1.54. The van der Waals surface area contributed by atoms with E-state index in [1.807, 2.05) is 59.3 Å². The molecule has 0 atom stereocenters. The molecule has 25 heavy (non-hydrogen) atoms. The van der Waals surface area contributed by atoms with Crippen LogP contribution < -0.4 is 14.8 Å². The van der Waals surface area contributed by atoms with Gasteiger partial charge in [0, 0.05) is 18.3 Å². The van der Waals surface area contributed by atoms with E-state index in [4.69, 9.17) is 9.47 Å². The van der Waals surface area contributed by atoms with Crippen molar-refractivity contribution >= 4 is 16.8 Å². The van der Waals surface area contributed by atoms with Crippen molar-refractivity contribution in [1.29, 1.82) is 0 Å². The van der Waals surface area contributed by atoms with Crippen LogP contribution in [-0.4, -0.2) is 31.2 Å². The summed E-state index contributed by atoms with van der Waals surface area (Å²) in [6, 6.07) is 15.8. The van der Waals surface area contributed by atoms with E-state index >= 15 is 0 Å². The van der Waals surface area contributed by atoms with E-state index < -0.39 is 0 Å². The summed E-state index contributed by atoms with van der Waals surface area (Å²) in [5.41, 5.74) is 2.15. The molecule has 0 aliphatic rings. The van der Waals surface area contributed by atoms with Crippen molar-refractivity contribution in [2.45, 2.75) is 13.0 Å². The number of methoxy groups -OCH3 is 2. The first-order valence-corrected chi connectivity index (χ1v) is 8.22. The SMILES string of the molecule is COc1ccc(CCNC(=O)Cn2ccc3ccccc32)cc1OC. The lowest BCUT2D eigenvalue weighted by Gasteiger charge is -2.10. The van der Waals surface area contributed by atoms with Gasteiger partial charge >= 0.3 is 0 Å². The maximum atomic E-state index is 12.2. The summed E-state index contributed by atoms with van der Waals surface area (Å²) in [5.74, 6) is 1.40. The van der Waals surface area contributed by atoms with Crippen molar-refractivity contribution in [3.8, 4) is 11.5 Å². The van der Waals surface area contributed by atoms with Crippen LogP contribution in [0.15, 0.2) is 54.7 Å². The zero-order chi connectivity index (χ0) is 17.6. The van der Waals surface area contributed by atoms with Crippen molar-refractivity contribution in [3.63, 3.8) is 0 Å². The Kier molecular flexibility index (Phi) is 5.23. The zero-order valence-corrected chi connectivity index (χ0v) is 14.5. The Bertz CT molecular complexity index is 870. The van der Waals surface area contributed by atoms with Crippen molar-refractivity contribution < 1.29 is 14.3 Å². The number of nitrogens with one attached hydrogen (secondary N) is 1. The molecule has 0 bridgehead atoms. The highest BCUT2D eigenvalue weighted by molar-refractivity contribution is 5.83. The average Bonchev–Trinajstić information content (AvgIpc) is 3.04. The second-order valence-electron chi connectivity index (χ2n) is 5.79. The lowest BCUT2D eigenvalue weighted by molar-refractivity contribution is -0.121. The van der Waals surface area contributed by atoms with Crippen LogP contribution in [0.1, 0.15) is 5.56 Å². The number of carbonyl (C=O) groups is 1. The number of benzene rings is 2. The Morgan fingerprint density at radius 1 is 1.04 bits per heavy atom. The standard InChI is InChI=1S/C20H22N2O3/c1-24-18-8-7-15(13-19(18)25-2)9-11-21-20(23)14-22-12-10-16-5-3-4-6-17(16)22/h3-8,10,12-13H,9,11,14H2,1-2H3,(H,21,23). The number of carbonyl (C=O) groups excluding carboxylic acids is 1. The van der Waals surface area contributed by atoms with Crippen LogP contribution in [0.2, 0.25) is 0 Å². The topological polar surface area (TPSA) is 52.5 Å². The molecule has 3 aromatic rings. The molecule has 0 unspecified atom stereocenters. The smallest absolute Gasteiger partial charge is 0.239 e. The maximum Gasteiger partial charge on any atom is 0.239 e. The molecular formula is C20H22N2O3. The minimum absolute atomic E-state index is 0.00169. The van der Waals surface area contributed by atoms with E-state index in [1.54, 1.807) is 14.2 Å². The van der Waals surface area contributed by atoms with Crippen LogP contribution in [0.3, 0.4) is 0 Å². The number of hydrogen-bond acceptors (Lipinski definition) is 3. The van der Waals surface area contributed by atoms with Crippen LogP contribution in [0.5, 0.6) is 11.5 Å². The normalized spacial score (nSPS) is 10.6. The summed E-state index contributed by atoms with van der Waals surface area (Å²) in [5, 5.41) is 4.11. The lowest BCUT2D eigenvalue weighted by Crippen LogP contribution is -2.29. The van der Waals surface area contributed by atoms with Gasteiger partial charge in [-0.3, -0.25) is 4.79 Å². The Morgan fingerprint density at radius 2 is 1.84 bits per heavy atom. The Labute approximate surface area is 147 Å². The molecule has 0 aliphatic heterocycles. The zero-order valence-electron chi connectivity index (χ0n) is 14.5. The van der Waals surface area contributed by atoms with E-state index in [9.17, 15) is 4.79 Å². The first kappa shape index (κ1) is 16.9. The summed E-state index contributed by atoms with van der Waals surface area (Å²) in [6.45, 7) is 0.896. The number of aromatic nitrogens is 1. The van der Waals surface area contributed by atoms with E-state index in [1.165, 1.54) is 0 Å². The molecule has 5 nitrogen and oxygen atoms in total. The fourth-order valence-electron chi connectivity index (χ4n) is 2.87. The van der Waals surface area contributed by atoms with Gasteiger partial charge in [-0.05, 0) is 41.6 Å². The molecule has 0 aliphatic carbocycles. The average molecular weight is 338 g/mol. The fraction of sp³-hybridized carbons (Fsp3) is 0.250. The second kappa shape index (κ2) is 7.75. The molecule has 1 amide bonds. The monoisotopic (exact) mass is 338 g/mol. The molecule has 5 heteroatoms. The third-order valence-electron chi connectivity index (χ3n) is 4.18. The molecule has 0 spiro atoms. The van der Waals surface area contributed by atoms with Gasteiger partial charge in [0.05, 0.1) is 14.2 Å². The number of para-hydroxylation sites is 1. The molecule has 0 saturated heterocycles. The van der Waals surface area contributed by atoms with Crippen molar-refractivity contribution in [2.75, 3.05) is 20.8 Å². The highest BCUT2D eigenvalue weighted by Gasteiger charge is 2.07. The summed E-state index contributed by atoms with van der Waals surface area (Å²) >= 11 is 0. The van der Waals surface area contributed by atoms with E-state index in [0.717, 1.165) is 22.9 Å². The lowest BCUT2D eigenvalue weighted by atomic mass is 10.1. The summed E-state index contributed by atoms with van der Waals surface area (Å²) in [6.07, 6.45) is 2.68. The number of ether oxygens (including phenoxy) is 2. The minimum atomic E-state index is 0.00169. The largest absolute Gasteiger partial charge is 0.493 e. The predicted molar refractivity (Wildman–Crippen MR) is 98.2 cm³/mol. The fourth-order valence-corrected chi connectivity index (χ4v) is 2.87. The van der Waals surface area contributed by atoms with Gasteiger partial charge in [-0.2, -0.15) is 0 Å². The predicted octanol–water partition coefficient (Wildman–Crippen LogP) is 3.02. The van der Waals surface area contributed by atoms with Crippen LogP contribution in [0.25, 0.3) is 10.9 Å². The van der Waals surface area contributed by atoms with Gasteiger partial charge in [-0.1, -0.05) is 24.3 Å². The second-order valence-corrected chi connectivity index (χ2v) is 5.79. The molecule has 1 N–H and O–H groups in total. The van der Waals surface area contributed by atoms with Crippen molar-refractivity contribution in [2.24, 2.45) is 0 Å². The highest BCUT2D eigenvalue weighted by Crippen LogP contribution is 2.27. The van der Waals surface area contributed by atoms with Gasteiger partial charge in [0.2, 0.25) is 5.91 Å². The molecule has 0 radical (unpaired) electrons. The molecule has 0 fully saturated rings. The first-order valence-electron chi connectivity index (χ1n) is 8.22. The number of hydrogen-bond donors (Lipinski definition) is 1. The van der Waals surface area contributed by atoms with Crippen LogP contribution in [-0.2, 0) is 17.8 Å². The van der Waals surface area contributed by atoms with E-state index in [-0.39, 0.29) is 5.91 Å². The minimum Gasteiger partial charge on any atom is -0.493 e. The molecule has 130 valence electrons. The first-order chi connectivity index (χ1) is 12.2. The molecular weight excluding hydrogens is 316 g/mol. The molecule has 1 heterocycles. The van der Waals surface area contributed by atoms with Gasteiger partial charge in [0.25, 0.3) is 0 Å². The third-order valence-corrected chi connectivity index (χ3v) is 4.18. The number of nitrogens with zero attached hydrogens (tertiary/aromatic N) is 1. The summed E-state index contributed by atoms with van der Waals surface area (Å²) < 4.78 is 12.5. The highest BCUT2D eigenvalue weighted by atomic mass is 16.5. The molecule has 1 aromatic heterocycles. The van der Waals surface area contributed by atoms with Crippen LogP contribution >= 0.6 is 0 Å². The van der Waals surface area contributed by atoms with Gasteiger partial charge in [0.15, 0.2) is 11.5 Å². The number of amides is 1. The van der Waals surface area contributed by atoms with Gasteiger partial charge in [-0.25, -0.2) is 0 Å². The Morgan fingerprint density at radius 3 is 2.64 bits per heavy atom. The molecule has 2 aromatic carbocycles. The van der Waals surface area contributed by atoms with Crippen molar-refractivity contribution in [1.82, 2.24) is 9.88 Å². The third kappa shape index (κ3) is 3.94. The van der Waals surface area contributed by atoms with Crippen LogP contribution in [0.4, 0.5) is 0 Å². The molecule has 0 saturated carbocycles. The van der Waals surface area contributed by atoms with E-state index in [0.29, 0.717) is 24.6 Å². The summed E-state index contributed by atoms with van der Waals surface area (Å²) in [7, 11) is 3.23. The quantitative estimate of drug-likeness (QED) is 0.720.